The predicted molar refractivity (Wildman–Crippen MR) is 59.0 cm³/mol. The van der Waals surface area contributed by atoms with Gasteiger partial charge in [0, 0.05) is 10.7 Å². The smallest absolute Gasteiger partial charge is 0.341 e. The van der Waals surface area contributed by atoms with Crippen molar-refractivity contribution in [2.75, 3.05) is 7.11 Å². The monoisotopic (exact) mass is 268 g/mol. The van der Waals surface area contributed by atoms with Crippen molar-refractivity contribution in [2.45, 2.75) is 6.92 Å². The van der Waals surface area contributed by atoms with E-state index >= 15 is 0 Å². The molecule has 0 unspecified atom stereocenters. The summed E-state index contributed by atoms with van der Waals surface area (Å²) in [7, 11) is 1.36. The van der Waals surface area contributed by atoms with Crippen molar-refractivity contribution in [2.24, 2.45) is 0 Å². The number of methoxy groups -OCH3 is 1. The number of rotatable bonds is 1. The molecular formula is C10H9BrN2O2. The van der Waals surface area contributed by atoms with E-state index in [1.807, 2.05) is 19.2 Å². The van der Waals surface area contributed by atoms with E-state index in [2.05, 4.69) is 25.8 Å². The molecule has 0 aromatic carbocycles. The van der Waals surface area contributed by atoms with Crippen LogP contribution in [-0.4, -0.2) is 22.7 Å². The molecule has 2 heterocycles. The SMILES string of the molecule is COC(=O)c1cnn2cc(C)c(Br)cc12. The van der Waals surface area contributed by atoms with Gasteiger partial charge in [-0.1, -0.05) is 15.9 Å². The van der Waals surface area contributed by atoms with Crippen molar-refractivity contribution in [3.63, 3.8) is 0 Å². The summed E-state index contributed by atoms with van der Waals surface area (Å²) < 4.78 is 7.27. The maximum absolute atomic E-state index is 11.4. The number of pyridine rings is 1. The molecule has 0 N–H and O–H groups in total. The Kier molecular flexibility index (Phi) is 2.48. The summed E-state index contributed by atoms with van der Waals surface area (Å²) in [5, 5.41) is 4.08. The van der Waals surface area contributed by atoms with E-state index in [9.17, 15) is 4.79 Å². The van der Waals surface area contributed by atoms with Gasteiger partial charge in [0.25, 0.3) is 0 Å². The van der Waals surface area contributed by atoms with Gasteiger partial charge in [-0.15, -0.1) is 0 Å². The fraction of sp³-hybridized carbons (Fsp3) is 0.200. The molecule has 4 nitrogen and oxygen atoms in total. The first kappa shape index (κ1) is 10.2. The van der Waals surface area contributed by atoms with E-state index in [-0.39, 0.29) is 5.97 Å². The highest BCUT2D eigenvalue weighted by Gasteiger charge is 2.13. The third-order valence-corrected chi connectivity index (χ3v) is 3.05. The fourth-order valence-corrected chi connectivity index (χ4v) is 1.68. The standard InChI is InChI=1S/C10H9BrN2O2/c1-6-5-13-9(3-8(6)11)7(4-12-13)10(14)15-2/h3-5H,1-2H3. The maximum Gasteiger partial charge on any atom is 0.341 e. The van der Waals surface area contributed by atoms with Crippen molar-refractivity contribution in [3.05, 3.63) is 34.1 Å². The first-order valence-electron chi connectivity index (χ1n) is 4.35. The average molecular weight is 269 g/mol. The lowest BCUT2D eigenvalue weighted by Gasteiger charge is -2.01. The molecule has 0 spiro atoms. The Labute approximate surface area is 95.0 Å². The summed E-state index contributed by atoms with van der Waals surface area (Å²) in [4.78, 5) is 11.4. The van der Waals surface area contributed by atoms with Gasteiger partial charge in [-0.3, -0.25) is 0 Å². The van der Waals surface area contributed by atoms with Crippen LogP contribution in [0.3, 0.4) is 0 Å². The van der Waals surface area contributed by atoms with Gasteiger partial charge in [-0.25, -0.2) is 9.31 Å². The molecule has 15 heavy (non-hydrogen) atoms. The predicted octanol–water partition coefficient (Wildman–Crippen LogP) is 2.19. The third kappa shape index (κ3) is 1.63. The minimum Gasteiger partial charge on any atom is -0.465 e. The zero-order chi connectivity index (χ0) is 11.0. The van der Waals surface area contributed by atoms with E-state index in [4.69, 9.17) is 0 Å². The van der Waals surface area contributed by atoms with E-state index in [1.165, 1.54) is 13.3 Å². The quantitative estimate of drug-likeness (QED) is 0.745. The number of fused-ring (bicyclic) bond motifs is 1. The number of esters is 1. The highest BCUT2D eigenvalue weighted by molar-refractivity contribution is 9.10. The second-order valence-electron chi connectivity index (χ2n) is 3.18. The molecule has 2 aromatic rings. The number of aromatic nitrogens is 2. The van der Waals surface area contributed by atoms with Crippen LogP contribution in [0, 0.1) is 6.92 Å². The van der Waals surface area contributed by atoms with Crippen molar-refractivity contribution in [1.82, 2.24) is 9.61 Å². The van der Waals surface area contributed by atoms with Gasteiger partial charge >= 0.3 is 5.97 Å². The first-order chi connectivity index (χ1) is 7.13. The lowest BCUT2D eigenvalue weighted by molar-refractivity contribution is 0.0603. The van der Waals surface area contributed by atoms with Crippen LogP contribution >= 0.6 is 15.9 Å². The van der Waals surface area contributed by atoms with Crippen LogP contribution in [-0.2, 0) is 4.74 Å². The molecule has 0 aliphatic rings. The molecular weight excluding hydrogens is 260 g/mol. The number of nitrogens with zero attached hydrogens (tertiary/aromatic N) is 2. The Morgan fingerprint density at radius 3 is 3.00 bits per heavy atom. The second kappa shape index (κ2) is 3.66. The molecule has 0 bridgehead atoms. The van der Waals surface area contributed by atoms with Gasteiger partial charge < -0.3 is 4.74 Å². The number of aryl methyl sites for hydroxylation is 1. The second-order valence-corrected chi connectivity index (χ2v) is 4.04. The normalized spacial score (nSPS) is 10.6. The molecule has 2 aromatic heterocycles. The molecule has 78 valence electrons. The molecule has 0 atom stereocenters. The summed E-state index contributed by atoms with van der Waals surface area (Å²) in [6, 6.07) is 1.86. The van der Waals surface area contributed by atoms with Crippen molar-refractivity contribution in [1.29, 1.82) is 0 Å². The molecule has 0 radical (unpaired) electrons. The van der Waals surface area contributed by atoms with Crippen LogP contribution in [0.2, 0.25) is 0 Å². The molecule has 2 rings (SSSR count). The van der Waals surface area contributed by atoms with Crippen LogP contribution in [0.4, 0.5) is 0 Å². The number of carbonyl (C=O) groups excluding carboxylic acids is 1. The van der Waals surface area contributed by atoms with Crippen LogP contribution in [0.5, 0.6) is 0 Å². The summed E-state index contributed by atoms with van der Waals surface area (Å²) in [6.45, 7) is 1.96. The number of ether oxygens (including phenoxy) is 1. The zero-order valence-corrected chi connectivity index (χ0v) is 9.91. The lowest BCUT2D eigenvalue weighted by Crippen LogP contribution is -2.00. The van der Waals surface area contributed by atoms with Gasteiger partial charge in [-0.05, 0) is 18.6 Å². The Bertz CT molecular complexity index is 533. The molecule has 0 saturated carbocycles. The number of hydrogen-bond donors (Lipinski definition) is 0. The van der Waals surface area contributed by atoms with Gasteiger partial charge in [0.05, 0.1) is 18.8 Å². The largest absolute Gasteiger partial charge is 0.465 e. The van der Waals surface area contributed by atoms with Crippen LogP contribution in [0.25, 0.3) is 5.52 Å². The number of carbonyl (C=O) groups is 1. The van der Waals surface area contributed by atoms with E-state index in [0.717, 1.165) is 15.6 Å². The summed E-state index contributed by atoms with van der Waals surface area (Å²) in [6.07, 6.45) is 3.36. The van der Waals surface area contributed by atoms with Gasteiger partial charge in [-0.2, -0.15) is 5.10 Å². The fourth-order valence-electron chi connectivity index (χ4n) is 1.36. The maximum atomic E-state index is 11.4. The summed E-state index contributed by atoms with van der Waals surface area (Å²) >= 11 is 3.41. The average Bonchev–Trinajstić information content (AvgIpc) is 2.61. The Morgan fingerprint density at radius 1 is 1.60 bits per heavy atom. The van der Waals surface area contributed by atoms with E-state index in [0.29, 0.717) is 5.56 Å². The summed E-state index contributed by atoms with van der Waals surface area (Å²) in [5.41, 5.74) is 2.26. The van der Waals surface area contributed by atoms with Crippen LogP contribution in [0.15, 0.2) is 22.9 Å². The minimum atomic E-state index is -0.374. The molecule has 0 amide bonds. The van der Waals surface area contributed by atoms with E-state index < -0.39 is 0 Å². The highest BCUT2D eigenvalue weighted by atomic mass is 79.9. The van der Waals surface area contributed by atoms with Crippen molar-refractivity contribution in [3.8, 4) is 0 Å². The molecule has 0 saturated heterocycles. The van der Waals surface area contributed by atoms with E-state index in [1.54, 1.807) is 4.52 Å². The zero-order valence-electron chi connectivity index (χ0n) is 8.32. The lowest BCUT2D eigenvalue weighted by atomic mass is 10.2. The third-order valence-electron chi connectivity index (χ3n) is 2.20. The van der Waals surface area contributed by atoms with Crippen LogP contribution in [0.1, 0.15) is 15.9 Å². The van der Waals surface area contributed by atoms with Gasteiger partial charge in [0.1, 0.15) is 5.56 Å². The van der Waals surface area contributed by atoms with Gasteiger partial charge in [0.15, 0.2) is 0 Å². The topological polar surface area (TPSA) is 43.6 Å². The summed E-state index contributed by atoms with van der Waals surface area (Å²) in [5.74, 6) is -0.374. The molecule has 0 fully saturated rings. The number of halogens is 1. The van der Waals surface area contributed by atoms with Crippen molar-refractivity contribution >= 4 is 27.4 Å². The Balaban J connectivity index is 2.69. The number of hydrogen-bond acceptors (Lipinski definition) is 3. The van der Waals surface area contributed by atoms with Gasteiger partial charge in [0.2, 0.25) is 0 Å². The minimum absolute atomic E-state index is 0.374. The first-order valence-corrected chi connectivity index (χ1v) is 5.14. The molecule has 5 heteroatoms. The Hall–Kier alpha value is -1.36. The molecule has 0 aliphatic carbocycles. The highest BCUT2D eigenvalue weighted by Crippen LogP contribution is 2.20. The molecule has 0 aliphatic heterocycles. The van der Waals surface area contributed by atoms with Crippen LogP contribution < -0.4 is 0 Å². The van der Waals surface area contributed by atoms with Crippen molar-refractivity contribution < 1.29 is 9.53 Å². The Morgan fingerprint density at radius 2 is 2.33 bits per heavy atom.